The lowest BCUT2D eigenvalue weighted by molar-refractivity contribution is -0.134. The third-order valence-corrected chi connectivity index (χ3v) is 9.56. The molecule has 1 aliphatic heterocycles. The van der Waals surface area contributed by atoms with Crippen molar-refractivity contribution in [2.24, 2.45) is 34.1 Å². The van der Waals surface area contributed by atoms with Gasteiger partial charge in [-0.3, -0.25) is 9.79 Å². The zero-order valence-corrected chi connectivity index (χ0v) is 22.7. The number of aromatic carboxylic acids is 1. The fourth-order valence-electron chi connectivity index (χ4n) is 7.04. The number of methoxy groups -OCH3 is 1. The molecule has 2 aromatic rings. The van der Waals surface area contributed by atoms with Crippen LogP contribution in [0.1, 0.15) is 80.4 Å². The number of carbonyl (C=O) groups excluding carboxylic acids is 1. The first-order valence-electron chi connectivity index (χ1n) is 13.8. The van der Waals surface area contributed by atoms with Gasteiger partial charge >= 0.3 is 5.97 Å². The van der Waals surface area contributed by atoms with E-state index in [-0.39, 0.29) is 40.1 Å². The number of benzene rings is 2. The minimum Gasteiger partial charge on any atom is -0.491 e. The molecule has 4 aliphatic rings. The summed E-state index contributed by atoms with van der Waals surface area (Å²) in [4.78, 5) is 32.7. The number of hydrogen-bond acceptors (Lipinski definition) is 4. The maximum atomic E-state index is 14.7. The van der Waals surface area contributed by atoms with E-state index in [0.717, 1.165) is 37.0 Å². The van der Waals surface area contributed by atoms with Gasteiger partial charge in [0.05, 0.1) is 18.7 Å². The van der Waals surface area contributed by atoms with Gasteiger partial charge in [0, 0.05) is 5.56 Å². The van der Waals surface area contributed by atoms with E-state index in [1.54, 1.807) is 24.3 Å². The molecule has 1 N–H and O–H groups in total. The third-order valence-electron chi connectivity index (χ3n) is 9.56. The number of amides is 1. The minimum absolute atomic E-state index is 0.0751. The number of carboxylic acid groups (broad SMARTS) is 1. The Morgan fingerprint density at radius 1 is 1.10 bits per heavy atom. The number of hydrogen-bond donors (Lipinski definition) is 1. The number of halogens is 2. The van der Waals surface area contributed by atoms with Crippen molar-refractivity contribution >= 4 is 17.6 Å². The molecule has 39 heavy (non-hydrogen) atoms. The molecule has 0 bridgehead atoms. The predicted octanol–water partition coefficient (Wildman–Crippen LogP) is 6.24. The highest BCUT2D eigenvalue weighted by Crippen LogP contribution is 2.74. The molecule has 3 fully saturated rings. The van der Waals surface area contributed by atoms with Crippen molar-refractivity contribution in [2.75, 3.05) is 7.11 Å². The molecular formula is C31H34F2N2O4. The number of nitrogens with zero attached hydrogens (tertiary/aromatic N) is 2. The van der Waals surface area contributed by atoms with E-state index in [2.05, 4.69) is 20.8 Å². The van der Waals surface area contributed by atoms with Gasteiger partial charge in [0.2, 0.25) is 0 Å². The SMILES string of the molecule is COc1c(F)cc(C2=NC3(CCC(C(C)(C)C)CC3)N(C(c3ccc(C(=O)O)cc3)C3C4CC43)C2=O)cc1F. The molecule has 3 aliphatic carbocycles. The molecule has 0 aromatic heterocycles. The summed E-state index contributed by atoms with van der Waals surface area (Å²) in [6.07, 6.45) is 4.24. The van der Waals surface area contributed by atoms with Crippen LogP contribution in [-0.4, -0.2) is 40.4 Å². The predicted molar refractivity (Wildman–Crippen MR) is 142 cm³/mol. The summed E-state index contributed by atoms with van der Waals surface area (Å²) >= 11 is 0. The average Bonchev–Trinajstić information content (AvgIpc) is 3.78. The summed E-state index contributed by atoms with van der Waals surface area (Å²) in [7, 11) is 1.20. The van der Waals surface area contributed by atoms with Crippen LogP contribution in [-0.2, 0) is 4.79 Å². The maximum absolute atomic E-state index is 14.7. The molecule has 2 aromatic carbocycles. The number of ether oxygens (including phenoxy) is 1. The van der Waals surface area contributed by atoms with Gasteiger partial charge in [-0.1, -0.05) is 32.9 Å². The van der Waals surface area contributed by atoms with E-state index < -0.39 is 29.0 Å². The molecule has 3 saturated carbocycles. The van der Waals surface area contributed by atoms with Crippen LogP contribution in [0.15, 0.2) is 41.4 Å². The molecular weight excluding hydrogens is 502 g/mol. The van der Waals surface area contributed by atoms with Crippen LogP contribution in [0.5, 0.6) is 5.75 Å². The maximum Gasteiger partial charge on any atom is 0.335 e. The van der Waals surface area contributed by atoms with Crippen molar-refractivity contribution in [1.82, 2.24) is 4.90 Å². The van der Waals surface area contributed by atoms with Crippen LogP contribution < -0.4 is 4.74 Å². The van der Waals surface area contributed by atoms with Crippen molar-refractivity contribution < 1.29 is 28.2 Å². The Morgan fingerprint density at radius 2 is 1.69 bits per heavy atom. The summed E-state index contributed by atoms with van der Waals surface area (Å²) in [5.41, 5.74) is 0.557. The second-order valence-electron chi connectivity index (χ2n) is 12.7. The van der Waals surface area contributed by atoms with E-state index in [0.29, 0.717) is 30.6 Å². The molecule has 3 unspecified atom stereocenters. The normalized spacial score (nSPS) is 30.2. The zero-order valence-electron chi connectivity index (χ0n) is 22.7. The van der Waals surface area contributed by atoms with E-state index >= 15 is 0 Å². The molecule has 8 heteroatoms. The Morgan fingerprint density at radius 3 is 2.15 bits per heavy atom. The van der Waals surface area contributed by atoms with Crippen LogP contribution in [0.3, 0.4) is 0 Å². The Balaban J connectivity index is 1.44. The first-order chi connectivity index (χ1) is 18.4. The second-order valence-corrected chi connectivity index (χ2v) is 12.7. The highest BCUT2D eigenvalue weighted by atomic mass is 19.1. The molecule has 3 atom stereocenters. The topological polar surface area (TPSA) is 79.2 Å². The van der Waals surface area contributed by atoms with Gasteiger partial charge < -0.3 is 14.7 Å². The standard InChI is InChI=1S/C31H34F2N2O4/c1-30(2,3)19-9-11-31(12-10-19)34-25(18-13-22(32)27(39-4)23(33)14-18)28(36)35(31)26(24-20-15-21(20)24)16-5-7-17(8-6-16)29(37)38/h5-8,13-14,19-21,24,26H,9-12,15H2,1-4H3,(H,37,38). The quantitative estimate of drug-likeness (QED) is 0.474. The van der Waals surface area contributed by atoms with Crippen LogP contribution in [0.25, 0.3) is 0 Å². The summed E-state index contributed by atoms with van der Waals surface area (Å²) in [5.74, 6) is -1.74. The first kappa shape index (κ1) is 26.0. The highest BCUT2D eigenvalue weighted by Gasteiger charge is 2.70. The Hall–Kier alpha value is -3.29. The number of fused-ring (bicyclic) bond motifs is 1. The van der Waals surface area contributed by atoms with Gasteiger partial charge in [0.15, 0.2) is 17.4 Å². The Bertz CT molecular complexity index is 1340. The van der Waals surface area contributed by atoms with Gasteiger partial charge in [0.25, 0.3) is 5.91 Å². The number of carbonyl (C=O) groups is 2. The summed E-state index contributed by atoms with van der Waals surface area (Å²) in [6.45, 7) is 6.69. The third kappa shape index (κ3) is 4.23. The van der Waals surface area contributed by atoms with Gasteiger partial charge in [0.1, 0.15) is 11.4 Å². The van der Waals surface area contributed by atoms with Crippen molar-refractivity contribution in [3.8, 4) is 5.75 Å². The van der Waals surface area contributed by atoms with E-state index in [9.17, 15) is 23.5 Å². The molecule has 1 heterocycles. The fraction of sp³-hybridized carbons (Fsp3) is 0.516. The Labute approximate surface area is 227 Å². The van der Waals surface area contributed by atoms with Crippen LogP contribution in [0.4, 0.5) is 8.78 Å². The first-order valence-corrected chi connectivity index (χ1v) is 13.8. The lowest BCUT2D eigenvalue weighted by atomic mass is 9.69. The zero-order chi connectivity index (χ0) is 27.9. The van der Waals surface area contributed by atoms with E-state index in [1.807, 2.05) is 4.90 Å². The number of carboxylic acids is 1. The van der Waals surface area contributed by atoms with Gasteiger partial charge in [-0.25, -0.2) is 13.6 Å². The van der Waals surface area contributed by atoms with E-state index in [1.165, 1.54) is 7.11 Å². The van der Waals surface area contributed by atoms with Crippen molar-refractivity contribution in [3.05, 3.63) is 64.7 Å². The van der Waals surface area contributed by atoms with Crippen LogP contribution in [0, 0.1) is 40.7 Å². The second kappa shape index (κ2) is 8.86. The lowest BCUT2D eigenvalue weighted by Gasteiger charge is -2.48. The van der Waals surface area contributed by atoms with Crippen LogP contribution >= 0.6 is 0 Å². The van der Waals surface area contributed by atoms with E-state index in [4.69, 9.17) is 9.73 Å². The van der Waals surface area contributed by atoms with Crippen LogP contribution in [0.2, 0.25) is 0 Å². The van der Waals surface area contributed by atoms with Gasteiger partial charge in [-0.2, -0.15) is 0 Å². The fourth-order valence-corrected chi connectivity index (χ4v) is 7.04. The molecule has 1 spiro atoms. The summed E-state index contributed by atoms with van der Waals surface area (Å²) in [6, 6.07) is 8.75. The summed E-state index contributed by atoms with van der Waals surface area (Å²) in [5, 5.41) is 9.42. The molecule has 6 rings (SSSR count). The molecule has 1 amide bonds. The highest BCUT2D eigenvalue weighted by molar-refractivity contribution is 6.46. The van der Waals surface area contributed by atoms with Gasteiger partial charge in [-0.05, 0) is 91.0 Å². The number of aliphatic imine (C=N–C) groups is 1. The van der Waals surface area contributed by atoms with Crippen molar-refractivity contribution in [1.29, 1.82) is 0 Å². The van der Waals surface area contributed by atoms with Crippen molar-refractivity contribution in [2.45, 2.75) is 64.6 Å². The molecule has 0 saturated heterocycles. The largest absolute Gasteiger partial charge is 0.491 e. The minimum atomic E-state index is -1.00. The Kier molecular flexibility index (Phi) is 5.90. The van der Waals surface area contributed by atoms with Crippen molar-refractivity contribution in [3.63, 3.8) is 0 Å². The lowest BCUT2D eigenvalue weighted by Crippen LogP contribution is -2.52. The van der Waals surface area contributed by atoms with Gasteiger partial charge in [-0.15, -0.1) is 0 Å². The molecule has 206 valence electrons. The molecule has 6 nitrogen and oxygen atoms in total. The number of rotatable bonds is 6. The summed E-state index contributed by atoms with van der Waals surface area (Å²) < 4.78 is 34.3. The monoisotopic (exact) mass is 536 g/mol. The smallest absolute Gasteiger partial charge is 0.335 e. The average molecular weight is 537 g/mol. The molecule has 0 radical (unpaired) electrons.